The summed E-state index contributed by atoms with van der Waals surface area (Å²) < 4.78 is 5.62. The van der Waals surface area contributed by atoms with Crippen molar-refractivity contribution >= 4 is 17.6 Å². The second kappa shape index (κ2) is 4.62. The molecule has 0 aromatic heterocycles. The van der Waals surface area contributed by atoms with Crippen molar-refractivity contribution < 1.29 is 14.6 Å². The Balaban J connectivity index is 2.18. The average molecular weight is 289 g/mol. The van der Waals surface area contributed by atoms with Gasteiger partial charge in [0.2, 0.25) is 0 Å². The summed E-state index contributed by atoms with van der Waals surface area (Å²) in [6.45, 7) is 1.95. The monoisotopic (exact) mass is 288 g/mol. The molecule has 0 bridgehead atoms. The van der Waals surface area contributed by atoms with E-state index in [1.54, 1.807) is 18.2 Å². The van der Waals surface area contributed by atoms with Crippen LogP contribution in [0.25, 0.3) is 0 Å². The highest BCUT2D eigenvalue weighted by molar-refractivity contribution is 6.30. The summed E-state index contributed by atoms with van der Waals surface area (Å²) in [6, 6.07) is 14.8. The van der Waals surface area contributed by atoms with Crippen molar-refractivity contribution in [2.75, 3.05) is 0 Å². The zero-order valence-electron chi connectivity index (χ0n) is 10.8. The van der Waals surface area contributed by atoms with Crippen LogP contribution in [0, 0.1) is 6.92 Å². The maximum atomic E-state index is 11.4. The van der Waals surface area contributed by atoms with Crippen LogP contribution >= 0.6 is 11.6 Å². The van der Waals surface area contributed by atoms with Crippen molar-refractivity contribution in [3.05, 3.63) is 70.2 Å². The molecule has 2 aromatic rings. The molecule has 1 aliphatic heterocycles. The molecule has 4 heteroatoms. The van der Waals surface area contributed by atoms with E-state index in [2.05, 4.69) is 0 Å². The standard InChI is InChI=1S/C16H13ClO3/c1-10-5-2-3-8-13(10)16(14(20-16)15(18)19)11-6-4-7-12(17)9-11/h2-9,14H,1H3,(H,18,19). The number of carboxylic acids is 1. The third kappa shape index (κ3) is 1.90. The normalized spacial score (nSPS) is 24.4. The number of halogens is 1. The zero-order valence-corrected chi connectivity index (χ0v) is 11.6. The average Bonchev–Trinajstić information content (AvgIpc) is 3.16. The number of epoxide rings is 1. The third-order valence-corrected chi connectivity index (χ3v) is 3.87. The lowest BCUT2D eigenvalue weighted by atomic mass is 9.85. The van der Waals surface area contributed by atoms with Gasteiger partial charge in [-0.05, 0) is 35.7 Å². The Bertz CT molecular complexity index is 683. The summed E-state index contributed by atoms with van der Waals surface area (Å²) in [5.74, 6) is -0.965. The van der Waals surface area contributed by atoms with E-state index in [-0.39, 0.29) is 0 Å². The van der Waals surface area contributed by atoms with Gasteiger partial charge < -0.3 is 9.84 Å². The Hall–Kier alpha value is -1.84. The minimum atomic E-state index is -0.965. The van der Waals surface area contributed by atoms with E-state index in [1.807, 2.05) is 37.3 Å². The van der Waals surface area contributed by atoms with E-state index in [0.29, 0.717) is 5.02 Å². The lowest BCUT2D eigenvalue weighted by Crippen LogP contribution is -2.21. The van der Waals surface area contributed by atoms with Gasteiger partial charge in [0.05, 0.1) is 0 Å². The lowest BCUT2D eigenvalue weighted by Gasteiger charge is -2.16. The molecule has 0 aliphatic carbocycles. The molecule has 0 radical (unpaired) electrons. The number of hydrogen-bond acceptors (Lipinski definition) is 2. The first-order valence-corrected chi connectivity index (χ1v) is 6.66. The van der Waals surface area contributed by atoms with Crippen molar-refractivity contribution in [1.82, 2.24) is 0 Å². The van der Waals surface area contributed by atoms with Gasteiger partial charge in [0, 0.05) is 5.02 Å². The summed E-state index contributed by atoms with van der Waals surface area (Å²) in [5.41, 5.74) is 1.71. The van der Waals surface area contributed by atoms with Gasteiger partial charge >= 0.3 is 5.97 Å². The highest BCUT2D eigenvalue weighted by Gasteiger charge is 2.64. The molecule has 20 heavy (non-hydrogen) atoms. The van der Waals surface area contributed by atoms with Crippen molar-refractivity contribution in [2.24, 2.45) is 0 Å². The Kier molecular flexibility index (Phi) is 3.04. The molecule has 2 aromatic carbocycles. The molecule has 0 spiro atoms. The fourth-order valence-corrected chi connectivity index (χ4v) is 2.86. The van der Waals surface area contributed by atoms with Crippen molar-refractivity contribution in [3.8, 4) is 0 Å². The van der Waals surface area contributed by atoms with Gasteiger partial charge in [0.1, 0.15) is 0 Å². The maximum absolute atomic E-state index is 11.4. The quantitative estimate of drug-likeness (QED) is 0.881. The third-order valence-electron chi connectivity index (χ3n) is 3.64. The van der Waals surface area contributed by atoms with E-state index in [1.165, 1.54) is 0 Å². The van der Waals surface area contributed by atoms with Crippen LogP contribution in [0.2, 0.25) is 5.02 Å². The van der Waals surface area contributed by atoms with Gasteiger partial charge in [-0.25, -0.2) is 4.79 Å². The second-order valence-electron chi connectivity index (χ2n) is 4.90. The summed E-state index contributed by atoms with van der Waals surface area (Å²) in [7, 11) is 0. The van der Waals surface area contributed by atoms with Crippen LogP contribution in [0.1, 0.15) is 16.7 Å². The Labute approximate surface area is 121 Å². The van der Waals surface area contributed by atoms with E-state index < -0.39 is 17.7 Å². The van der Waals surface area contributed by atoms with Crippen LogP contribution in [0.15, 0.2) is 48.5 Å². The van der Waals surface area contributed by atoms with Crippen LogP contribution in [0.4, 0.5) is 0 Å². The van der Waals surface area contributed by atoms with Crippen molar-refractivity contribution in [3.63, 3.8) is 0 Å². The molecule has 0 amide bonds. The predicted octanol–water partition coefficient (Wildman–Crippen LogP) is 3.38. The fourth-order valence-electron chi connectivity index (χ4n) is 2.66. The van der Waals surface area contributed by atoms with Gasteiger partial charge in [-0.1, -0.05) is 48.0 Å². The van der Waals surface area contributed by atoms with Crippen LogP contribution in [-0.4, -0.2) is 17.2 Å². The molecule has 2 unspecified atom stereocenters. The van der Waals surface area contributed by atoms with Crippen LogP contribution < -0.4 is 0 Å². The molecule has 3 rings (SSSR count). The summed E-state index contributed by atoms with van der Waals surface area (Å²) in [5, 5.41) is 9.88. The number of aryl methyl sites for hydroxylation is 1. The van der Waals surface area contributed by atoms with Gasteiger partial charge in [-0.3, -0.25) is 0 Å². The minimum Gasteiger partial charge on any atom is -0.479 e. The van der Waals surface area contributed by atoms with Gasteiger partial charge in [0.25, 0.3) is 0 Å². The highest BCUT2D eigenvalue weighted by Crippen LogP contribution is 2.53. The largest absolute Gasteiger partial charge is 0.479 e. The molecule has 1 saturated heterocycles. The molecule has 1 aliphatic rings. The van der Waals surface area contributed by atoms with Crippen LogP contribution in [0.3, 0.4) is 0 Å². The summed E-state index contributed by atoms with van der Waals surface area (Å²) in [4.78, 5) is 11.4. The number of benzene rings is 2. The van der Waals surface area contributed by atoms with Crippen molar-refractivity contribution in [2.45, 2.75) is 18.6 Å². The SMILES string of the molecule is Cc1ccccc1C1(c2cccc(Cl)c2)OC1C(=O)O. The molecule has 1 heterocycles. The predicted molar refractivity (Wildman–Crippen MR) is 75.9 cm³/mol. The topological polar surface area (TPSA) is 49.8 Å². The summed E-state index contributed by atoms with van der Waals surface area (Å²) >= 11 is 6.03. The highest BCUT2D eigenvalue weighted by atomic mass is 35.5. The van der Waals surface area contributed by atoms with E-state index in [4.69, 9.17) is 16.3 Å². The number of rotatable bonds is 3. The molecule has 102 valence electrons. The summed E-state index contributed by atoms with van der Waals surface area (Å²) in [6.07, 6.45) is -0.873. The van der Waals surface area contributed by atoms with Crippen molar-refractivity contribution in [1.29, 1.82) is 0 Å². The molecular weight excluding hydrogens is 276 g/mol. The zero-order chi connectivity index (χ0) is 14.3. The number of ether oxygens (including phenoxy) is 1. The first kappa shape index (κ1) is 13.2. The van der Waals surface area contributed by atoms with Crippen LogP contribution in [0.5, 0.6) is 0 Å². The molecule has 1 N–H and O–H groups in total. The van der Waals surface area contributed by atoms with E-state index >= 15 is 0 Å². The molecule has 1 fully saturated rings. The molecular formula is C16H13ClO3. The maximum Gasteiger partial charge on any atom is 0.336 e. The van der Waals surface area contributed by atoms with E-state index in [9.17, 15) is 9.90 Å². The Morgan fingerprint density at radius 1 is 1.25 bits per heavy atom. The minimum absolute atomic E-state index is 0.565. The number of carbonyl (C=O) groups is 1. The molecule has 2 atom stereocenters. The Morgan fingerprint density at radius 2 is 2.00 bits per heavy atom. The van der Waals surface area contributed by atoms with Crippen LogP contribution in [-0.2, 0) is 15.1 Å². The fraction of sp³-hybridized carbons (Fsp3) is 0.188. The van der Waals surface area contributed by atoms with Gasteiger partial charge in [-0.2, -0.15) is 0 Å². The molecule has 3 nitrogen and oxygen atoms in total. The number of aliphatic carboxylic acids is 1. The van der Waals surface area contributed by atoms with Gasteiger partial charge in [-0.15, -0.1) is 0 Å². The first-order valence-electron chi connectivity index (χ1n) is 6.28. The Morgan fingerprint density at radius 3 is 2.60 bits per heavy atom. The first-order chi connectivity index (χ1) is 9.55. The van der Waals surface area contributed by atoms with E-state index in [0.717, 1.165) is 16.7 Å². The lowest BCUT2D eigenvalue weighted by molar-refractivity contribution is -0.138. The molecule has 0 saturated carbocycles. The second-order valence-corrected chi connectivity index (χ2v) is 5.33. The number of carboxylic acid groups (broad SMARTS) is 1. The number of hydrogen-bond donors (Lipinski definition) is 1. The smallest absolute Gasteiger partial charge is 0.336 e. The van der Waals surface area contributed by atoms with Gasteiger partial charge in [0.15, 0.2) is 11.7 Å².